The zero-order valence-electron chi connectivity index (χ0n) is 19.4. The molecule has 2 aliphatic carbocycles. The third-order valence-electron chi connectivity index (χ3n) is 7.42. The molecule has 4 rings (SSSR count). The maximum absolute atomic E-state index is 12.6. The van der Waals surface area contributed by atoms with Gasteiger partial charge in [-0.1, -0.05) is 24.3 Å². The fourth-order valence-electron chi connectivity index (χ4n) is 5.29. The van der Waals surface area contributed by atoms with E-state index in [2.05, 4.69) is 6.58 Å². The Balaban J connectivity index is 1.75. The minimum absolute atomic E-state index is 0.297. The molecular weight excluding hydrogens is 412 g/mol. The summed E-state index contributed by atoms with van der Waals surface area (Å²) in [5.74, 6) is -2.14. The predicted molar refractivity (Wildman–Crippen MR) is 115 cm³/mol. The van der Waals surface area contributed by atoms with Gasteiger partial charge in [0.25, 0.3) is 0 Å². The lowest BCUT2D eigenvalue weighted by atomic mass is 9.80. The van der Waals surface area contributed by atoms with Gasteiger partial charge in [0.15, 0.2) is 6.10 Å². The summed E-state index contributed by atoms with van der Waals surface area (Å²) < 4.78 is 23.6. The largest absolute Gasteiger partial charge is 0.458 e. The van der Waals surface area contributed by atoms with Crippen molar-refractivity contribution in [2.24, 2.45) is 11.8 Å². The summed E-state index contributed by atoms with van der Waals surface area (Å²) >= 11 is 0. The Morgan fingerprint density at radius 1 is 1.12 bits per heavy atom. The summed E-state index contributed by atoms with van der Waals surface area (Å²) in [6.45, 7) is 14.8. The molecule has 0 N–H and O–H groups in total. The van der Waals surface area contributed by atoms with E-state index in [1.165, 1.54) is 0 Å². The first-order chi connectivity index (χ1) is 15.0. The summed E-state index contributed by atoms with van der Waals surface area (Å²) in [6.07, 6.45) is 1.68. The van der Waals surface area contributed by atoms with Crippen molar-refractivity contribution in [1.29, 1.82) is 0 Å². The summed E-state index contributed by atoms with van der Waals surface area (Å²) in [6, 6.07) is 0. The van der Waals surface area contributed by atoms with Crippen LogP contribution >= 0.6 is 0 Å². The minimum atomic E-state index is -0.628. The van der Waals surface area contributed by atoms with E-state index in [1.807, 2.05) is 13.8 Å². The maximum atomic E-state index is 12.6. The van der Waals surface area contributed by atoms with Crippen molar-refractivity contribution in [3.63, 3.8) is 0 Å². The Labute approximate surface area is 188 Å². The molecule has 0 radical (unpaired) electrons. The van der Waals surface area contributed by atoms with Gasteiger partial charge in [-0.15, -0.1) is 0 Å². The Morgan fingerprint density at radius 3 is 2.31 bits per heavy atom. The predicted octanol–water partition coefficient (Wildman–Crippen LogP) is 3.35. The van der Waals surface area contributed by atoms with Crippen LogP contribution in [0.15, 0.2) is 46.6 Å². The number of allylic oxidation sites excluding steroid dienone is 2. The average molecular weight is 443 g/mol. The summed E-state index contributed by atoms with van der Waals surface area (Å²) in [5.41, 5.74) is 2.52. The molecular formula is C25H30O7. The Kier molecular flexibility index (Phi) is 5.44. The van der Waals surface area contributed by atoms with Crippen molar-refractivity contribution in [2.45, 2.75) is 78.0 Å². The third kappa shape index (κ3) is 3.25. The van der Waals surface area contributed by atoms with Crippen LogP contribution in [0.1, 0.15) is 48.0 Å². The molecule has 7 heteroatoms. The van der Waals surface area contributed by atoms with Crippen LogP contribution in [-0.4, -0.2) is 47.9 Å². The second-order valence-electron chi connectivity index (χ2n) is 9.27. The number of hydrogen-bond donors (Lipinski definition) is 0. The number of rotatable bonds is 4. The van der Waals surface area contributed by atoms with E-state index in [4.69, 9.17) is 18.9 Å². The monoisotopic (exact) mass is 442 g/mol. The molecule has 32 heavy (non-hydrogen) atoms. The molecule has 0 amide bonds. The molecule has 0 aromatic heterocycles. The molecule has 7 atom stereocenters. The zero-order valence-corrected chi connectivity index (χ0v) is 19.4. The quantitative estimate of drug-likeness (QED) is 0.217. The fourth-order valence-corrected chi connectivity index (χ4v) is 5.29. The van der Waals surface area contributed by atoms with Gasteiger partial charge >= 0.3 is 17.9 Å². The van der Waals surface area contributed by atoms with E-state index < -0.39 is 47.7 Å². The van der Waals surface area contributed by atoms with Crippen LogP contribution in [0.25, 0.3) is 0 Å². The van der Waals surface area contributed by atoms with Crippen LogP contribution in [0.5, 0.6) is 0 Å². The van der Waals surface area contributed by atoms with Crippen molar-refractivity contribution in [3.05, 3.63) is 46.6 Å². The Bertz CT molecular complexity index is 1000. The highest BCUT2D eigenvalue weighted by molar-refractivity contribution is 5.92. The molecule has 0 unspecified atom stereocenters. The molecule has 0 bridgehead atoms. The number of epoxide rings is 1. The molecule has 3 fully saturated rings. The van der Waals surface area contributed by atoms with E-state index in [-0.39, 0.29) is 12.0 Å². The van der Waals surface area contributed by atoms with E-state index in [1.54, 1.807) is 39.8 Å². The number of esters is 3. The highest BCUT2D eigenvalue weighted by atomic mass is 16.7. The van der Waals surface area contributed by atoms with Gasteiger partial charge in [0, 0.05) is 23.1 Å². The van der Waals surface area contributed by atoms with Gasteiger partial charge in [-0.3, -0.25) is 0 Å². The van der Waals surface area contributed by atoms with Crippen LogP contribution in [0, 0.1) is 11.8 Å². The van der Waals surface area contributed by atoms with Crippen LogP contribution in [0.4, 0.5) is 0 Å². The van der Waals surface area contributed by atoms with E-state index in [0.717, 1.165) is 11.1 Å². The number of ether oxygens (including phenoxy) is 4. The second-order valence-corrected chi connectivity index (χ2v) is 9.27. The molecule has 2 saturated heterocycles. The van der Waals surface area contributed by atoms with Crippen molar-refractivity contribution in [3.8, 4) is 0 Å². The molecule has 7 nitrogen and oxygen atoms in total. The van der Waals surface area contributed by atoms with Gasteiger partial charge in [-0.05, 0) is 47.1 Å². The summed E-state index contributed by atoms with van der Waals surface area (Å²) in [5, 5.41) is 0. The van der Waals surface area contributed by atoms with Crippen LogP contribution in [0.2, 0.25) is 0 Å². The molecule has 2 aliphatic heterocycles. The van der Waals surface area contributed by atoms with Crippen LogP contribution < -0.4 is 0 Å². The van der Waals surface area contributed by atoms with Crippen molar-refractivity contribution in [2.75, 3.05) is 0 Å². The van der Waals surface area contributed by atoms with Gasteiger partial charge in [-0.25, -0.2) is 14.4 Å². The average Bonchev–Trinajstić information content (AvgIpc) is 3.30. The van der Waals surface area contributed by atoms with Crippen LogP contribution in [-0.2, 0) is 33.3 Å². The van der Waals surface area contributed by atoms with Crippen molar-refractivity contribution < 1.29 is 33.3 Å². The van der Waals surface area contributed by atoms with Crippen molar-refractivity contribution >= 4 is 17.9 Å². The molecule has 0 spiro atoms. The highest BCUT2D eigenvalue weighted by Crippen LogP contribution is 2.63. The first kappa shape index (κ1) is 22.5. The van der Waals surface area contributed by atoms with E-state index >= 15 is 0 Å². The van der Waals surface area contributed by atoms with Crippen molar-refractivity contribution in [1.82, 2.24) is 0 Å². The maximum Gasteiger partial charge on any atom is 0.334 e. The zero-order chi connectivity index (χ0) is 23.5. The lowest BCUT2D eigenvalue weighted by molar-refractivity contribution is -0.150. The van der Waals surface area contributed by atoms with Crippen LogP contribution in [0.3, 0.4) is 0 Å². The molecule has 2 heterocycles. The topological polar surface area (TPSA) is 91.4 Å². The Morgan fingerprint density at radius 2 is 1.72 bits per heavy atom. The van der Waals surface area contributed by atoms with Gasteiger partial charge in [0.05, 0.1) is 11.8 Å². The highest BCUT2D eigenvalue weighted by Gasteiger charge is 2.75. The van der Waals surface area contributed by atoms with E-state index in [0.29, 0.717) is 23.1 Å². The molecule has 1 saturated carbocycles. The van der Waals surface area contributed by atoms with Gasteiger partial charge in [0.2, 0.25) is 0 Å². The minimum Gasteiger partial charge on any atom is -0.458 e. The molecule has 0 aromatic carbocycles. The number of hydrogen-bond acceptors (Lipinski definition) is 7. The SMILES string of the molecule is C=C1C(=O)O[C@@H]2[C@@H]1[C@@H](OC(=O)/C(C)=C\C)CC(C)=C1[C@H]2[C@@]2(C)O[C@H]2[C@H]1OC(=O)/C(C)=C\C. The molecule has 0 aromatic rings. The third-order valence-corrected chi connectivity index (χ3v) is 7.42. The number of carbonyl (C=O) groups is 3. The van der Waals surface area contributed by atoms with E-state index in [9.17, 15) is 14.4 Å². The number of fused-ring (bicyclic) bond motifs is 5. The summed E-state index contributed by atoms with van der Waals surface area (Å²) in [4.78, 5) is 37.7. The second kappa shape index (κ2) is 7.73. The summed E-state index contributed by atoms with van der Waals surface area (Å²) in [7, 11) is 0. The standard InChI is InChI=1S/C25H30O7/c1-8-11(3)22(26)29-15-10-13(5)16-18(19-17(15)14(6)24(28)30-19)25(7)21(32-25)20(16)31-23(27)12(4)9-2/h8-9,15,17-21H,6,10H2,1-5,7H3/b11-8-,12-9-/t15-,17-,18+,19+,20-,21-,25+/m0/s1. The smallest absolute Gasteiger partial charge is 0.334 e. The lowest BCUT2D eigenvalue weighted by Gasteiger charge is -2.30. The first-order valence-electron chi connectivity index (χ1n) is 11.0. The normalized spacial score (nSPS) is 38.4. The fraction of sp³-hybridized carbons (Fsp3) is 0.560. The first-order valence-corrected chi connectivity index (χ1v) is 11.0. The van der Waals surface area contributed by atoms with Gasteiger partial charge in [-0.2, -0.15) is 0 Å². The van der Waals surface area contributed by atoms with Gasteiger partial charge in [0.1, 0.15) is 23.9 Å². The van der Waals surface area contributed by atoms with Gasteiger partial charge < -0.3 is 18.9 Å². The Hall–Kier alpha value is -2.67. The lowest BCUT2D eigenvalue weighted by Crippen LogP contribution is -2.40. The molecule has 172 valence electrons. The number of carbonyl (C=O) groups excluding carboxylic acids is 3. The molecule has 4 aliphatic rings.